The Morgan fingerprint density at radius 1 is 0.974 bits per heavy atom. The molecule has 1 aliphatic rings. The highest BCUT2D eigenvalue weighted by Crippen LogP contribution is 2.49. The van der Waals surface area contributed by atoms with Gasteiger partial charge in [-0.15, -0.1) is 0 Å². The van der Waals surface area contributed by atoms with Gasteiger partial charge in [0, 0.05) is 35.1 Å². The van der Waals surface area contributed by atoms with Crippen LogP contribution in [0.2, 0.25) is 0 Å². The molecule has 0 spiro atoms. The molecule has 0 atom stereocenters. The molecular formula is C32H32F3N3. The fourth-order valence-electron chi connectivity index (χ4n) is 5.31. The van der Waals surface area contributed by atoms with Gasteiger partial charge in [0.05, 0.1) is 12.5 Å². The third kappa shape index (κ3) is 4.40. The monoisotopic (exact) mass is 516 g/mol. The largest absolute Gasteiger partial charge is 0.394 e. The van der Waals surface area contributed by atoms with Gasteiger partial charge in [-0.05, 0) is 69.6 Å². The zero-order valence-electron chi connectivity index (χ0n) is 23.5. The lowest BCUT2D eigenvalue weighted by Gasteiger charge is -2.28. The van der Waals surface area contributed by atoms with Crippen LogP contribution in [-0.4, -0.2) is 21.1 Å². The van der Waals surface area contributed by atoms with E-state index in [2.05, 4.69) is 48.1 Å². The lowest BCUT2D eigenvalue weighted by molar-refractivity contribution is -0.211. The van der Waals surface area contributed by atoms with E-state index in [-0.39, 0.29) is 6.42 Å². The molecule has 0 saturated heterocycles. The number of hydrogen-bond donors (Lipinski definition) is 0. The maximum atomic E-state index is 13.4. The fourth-order valence-corrected chi connectivity index (χ4v) is 5.31. The van der Waals surface area contributed by atoms with Gasteiger partial charge in [0.1, 0.15) is 0 Å². The average Bonchev–Trinajstić information content (AvgIpc) is 3.08. The first kappa shape index (κ1) is 24.8. The molecule has 0 saturated carbocycles. The van der Waals surface area contributed by atoms with Crippen molar-refractivity contribution >= 4 is 22.4 Å². The summed E-state index contributed by atoms with van der Waals surface area (Å²) in [5.41, 5.74) is 3.24. The summed E-state index contributed by atoms with van der Waals surface area (Å²) in [6.07, 6.45) is 0.0783. The van der Waals surface area contributed by atoms with Crippen molar-refractivity contribution < 1.29 is 14.5 Å². The lowest BCUT2D eigenvalue weighted by Crippen LogP contribution is -2.34. The second-order valence-corrected chi connectivity index (χ2v) is 11.6. The van der Waals surface area contributed by atoms with Crippen LogP contribution < -0.4 is 0 Å². The third-order valence-electron chi connectivity index (χ3n) is 7.59. The number of hydrogen-bond acceptors (Lipinski definition) is 3. The minimum atomic E-state index is -4.33. The normalized spacial score (nSPS) is 15.8. The van der Waals surface area contributed by atoms with E-state index in [0.717, 1.165) is 27.8 Å². The minimum absolute atomic E-state index is 0.221. The van der Waals surface area contributed by atoms with Crippen LogP contribution in [0.1, 0.15) is 76.9 Å². The Hall–Kier alpha value is -3.54. The molecule has 6 heteroatoms. The first-order chi connectivity index (χ1) is 18.2. The number of rotatable bonds is 5. The first-order valence-corrected chi connectivity index (χ1v) is 12.8. The van der Waals surface area contributed by atoms with Crippen LogP contribution in [-0.2, 0) is 11.8 Å². The van der Waals surface area contributed by atoms with E-state index in [1.54, 1.807) is 6.20 Å². The van der Waals surface area contributed by atoms with Crippen LogP contribution in [0.15, 0.2) is 61.1 Å². The highest BCUT2D eigenvalue weighted by molar-refractivity contribution is 5.96. The van der Waals surface area contributed by atoms with Crippen molar-refractivity contribution in [3.05, 3.63) is 89.1 Å². The van der Waals surface area contributed by atoms with Crippen molar-refractivity contribution in [2.45, 2.75) is 65.5 Å². The second kappa shape index (κ2) is 9.04. The van der Waals surface area contributed by atoms with E-state index in [1.807, 2.05) is 32.0 Å². The molecule has 0 aliphatic heterocycles. The summed E-state index contributed by atoms with van der Waals surface area (Å²) < 4.78 is 49.3. The zero-order chi connectivity index (χ0) is 28.3. The summed E-state index contributed by atoms with van der Waals surface area (Å²) in [7, 11) is 0. The summed E-state index contributed by atoms with van der Waals surface area (Å²) in [4.78, 5) is 13.7. The van der Waals surface area contributed by atoms with Crippen molar-refractivity contribution in [3.63, 3.8) is 0 Å². The number of alkyl halides is 3. The molecule has 3 nitrogen and oxygen atoms in total. The SMILES string of the molecule is [2H]C1=C(c2ncc(CC(C)(C)C(F)(F)F)cn2)C(C)(C)c2c1ccnc2-c1cc(C(C)C)c2ccccc2c1. The van der Waals surface area contributed by atoms with Crippen molar-refractivity contribution in [1.82, 2.24) is 15.0 Å². The summed E-state index contributed by atoms with van der Waals surface area (Å²) in [6.45, 7) is 10.8. The van der Waals surface area contributed by atoms with E-state index in [0.29, 0.717) is 28.9 Å². The Bertz CT molecular complexity index is 1600. The van der Waals surface area contributed by atoms with Gasteiger partial charge in [0.25, 0.3) is 0 Å². The Balaban J connectivity index is 1.58. The van der Waals surface area contributed by atoms with Gasteiger partial charge in [-0.2, -0.15) is 13.2 Å². The van der Waals surface area contributed by atoms with Crippen LogP contribution in [0.5, 0.6) is 0 Å². The number of nitrogens with zero attached hydrogens (tertiary/aromatic N) is 3. The van der Waals surface area contributed by atoms with Gasteiger partial charge in [-0.3, -0.25) is 4.98 Å². The molecule has 0 amide bonds. The molecule has 0 fully saturated rings. The Morgan fingerprint density at radius 3 is 2.32 bits per heavy atom. The van der Waals surface area contributed by atoms with Crippen LogP contribution in [0.4, 0.5) is 13.2 Å². The van der Waals surface area contributed by atoms with E-state index < -0.39 is 17.0 Å². The Kier molecular flexibility index (Phi) is 5.89. The predicted octanol–water partition coefficient (Wildman–Crippen LogP) is 8.78. The molecule has 2 aromatic carbocycles. The lowest BCUT2D eigenvalue weighted by atomic mass is 9.78. The quantitative estimate of drug-likeness (QED) is 0.266. The number of aromatic nitrogens is 3. The predicted molar refractivity (Wildman–Crippen MR) is 148 cm³/mol. The smallest absolute Gasteiger partial charge is 0.256 e. The summed E-state index contributed by atoms with van der Waals surface area (Å²) >= 11 is 0. The molecule has 1 aliphatic carbocycles. The zero-order valence-corrected chi connectivity index (χ0v) is 22.5. The second-order valence-electron chi connectivity index (χ2n) is 11.6. The van der Waals surface area contributed by atoms with E-state index in [9.17, 15) is 13.2 Å². The molecule has 0 unspecified atom stereocenters. The number of halogens is 3. The molecule has 0 N–H and O–H groups in total. The highest BCUT2D eigenvalue weighted by Gasteiger charge is 2.47. The van der Waals surface area contributed by atoms with Gasteiger partial charge in [-0.25, -0.2) is 9.97 Å². The maximum Gasteiger partial charge on any atom is 0.394 e. The van der Waals surface area contributed by atoms with E-state index in [1.165, 1.54) is 37.2 Å². The molecule has 2 aromatic heterocycles. The molecule has 2 heterocycles. The molecule has 196 valence electrons. The first-order valence-electron chi connectivity index (χ1n) is 13.3. The van der Waals surface area contributed by atoms with Crippen LogP contribution in [0.25, 0.3) is 33.7 Å². The fraction of sp³-hybridized carbons (Fsp3) is 0.344. The van der Waals surface area contributed by atoms with E-state index in [4.69, 9.17) is 6.35 Å². The Morgan fingerprint density at radius 2 is 1.66 bits per heavy atom. The van der Waals surface area contributed by atoms with Gasteiger partial charge in [0.15, 0.2) is 5.82 Å². The topological polar surface area (TPSA) is 38.7 Å². The molecule has 0 bridgehead atoms. The van der Waals surface area contributed by atoms with Crippen molar-refractivity contribution in [2.75, 3.05) is 0 Å². The van der Waals surface area contributed by atoms with Crippen molar-refractivity contribution in [2.24, 2.45) is 5.41 Å². The number of pyridine rings is 1. The van der Waals surface area contributed by atoms with Crippen molar-refractivity contribution in [1.29, 1.82) is 0 Å². The number of allylic oxidation sites excluding steroid dienone is 1. The number of benzene rings is 2. The summed E-state index contributed by atoms with van der Waals surface area (Å²) in [5, 5.41) is 2.35. The molecule has 38 heavy (non-hydrogen) atoms. The van der Waals surface area contributed by atoms with Crippen LogP contribution in [0, 0.1) is 5.41 Å². The standard InChI is InChI=1S/C32H32F3N3/c1-19(2)25-14-23(13-21-9-7-8-10-24(21)25)28-27-22(11-12-36-28)15-26(31(27,5)6)29-37-17-20(18-38-29)16-30(3,4)32(33,34)35/h7-15,17-19H,16H2,1-6H3/i15D. The summed E-state index contributed by atoms with van der Waals surface area (Å²) in [6, 6.07) is 14.8. The highest BCUT2D eigenvalue weighted by atomic mass is 19.4. The molecular weight excluding hydrogens is 483 g/mol. The van der Waals surface area contributed by atoms with Gasteiger partial charge in [-0.1, -0.05) is 65.8 Å². The van der Waals surface area contributed by atoms with E-state index >= 15 is 0 Å². The van der Waals surface area contributed by atoms with Crippen LogP contribution in [0.3, 0.4) is 0 Å². The van der Waals surface area contributed by atoms with Gasteiger partial charge >= 0.3 is 6.18 Å². The average molecular weight is 517 g/mol. The third-order valence-corrected chi connectivity index (χ3v) is 7.59. The Labute approximate surface area is 223 Å². The van der Waals surface area contributed by atoms with Gasteiger partial charge in [0.2, 0.25) is 0 Å². The summed E-state index contributed by atoms with van der Waals surface area (Å²) in [5.74, 6) is 0.663. The van der Waals surface area contributed by atoms with Gasteiger partial charge < -0.3 is 0 Å². The van der Waals surface area contributed by atoms with Crippen molar-refractivity contribution in [3.8, 4) is 11.3 Å². The molecule has 0 radical (unpaired) electrons. The van der Waals surface area contributed by atoms with Crippen LogP contribution >= 0.6 is 0 Å². The number of fused-ring (bicyclic) bond motifs is 2. The minimum Gasteiger partial charge on any atom is -0.256 e. The molecule has 5 rings (SSSR count). The molecule has 4 aromatic rings. The maximum absolute atomic E-state index is 13.4.